The largest absolute Gasteiger partial charge is 0.378 e. The predicted molar refractivity (Wildman–Crippen MR) is 67.9 cm³/mol. The highest BCUT2D eigenvalue weighted by Crippen LogP contribution is 2.41. The molecule has 0 saturated heterocycles. The van der Waals surface area contributed by atoms with Crippen molar-refractivity contribution in [3.8, 4) is 0 Å². The zero-order chi connectivity index (χ0) is 12.3. The maximum Gasteiger partial charge on any atom is 0.125 e. The van der Waals surface area contributed by atoms with Gasteiger partial charge >= 0.3 is 0 Å². The van der Waals surface area contributed by atoms with Gasteiger partial charge in [0.1, 0.15) is 5.82 Å². The molecule has 96 valence electrons. The number of imidazole rings is 1. The maximum atomic E-state index is 5.70. The topological polar surface area (TPSA) is 39.1 Å². The van der Waals surface area contributed by atoms with Crippen LogP contribution < -0.4 is 5.32 Å². The Morgan fingerprint density at radius 3 is 2.82 bits per heavy atom. The van der Waals surface area contributed by atoms with Gasteiger partial charge in [-0.05, 0) is 39.7 Å². The van der Waals surface area contributed by atoms with E-state index in [9.17, 15) is 0 Å². The lowest BCUT2D eigenvalue weighted by Gasteiger charge is -2.42. The van der Waals surface area contributed by atoms with E-state index in [0.29, 0.717) is 0 Å². The number of hydrogen-bond acceptors (Lipinski definition) is 3. The normalized spacial score (nSPS) is 19.9. The molecule has 1 aliphatic carbocycles. The summed E-state index contributed by atoms with van der Waals surface area (Å²) in [5.41, 5.74) is 0.0815. The van der Waals surface area contributed by atoms with Crippen molar-refractivity contribution in [2.75, 3.05) is 14.2 Å². The maximum absolute atomic E-state index is 5.70. The molecule has 0 amide bonds. The van der Waals surface area contributed by atoms with Gasteiger partial charge in [0.15, 0.2) is 0 Å². The van der Waals surface area contributed by atoms with Gasteiger partial charge in [0.05, 0.1) is 11.6 Å². The Morgan fingerprint density at radius 1 is 1.59 bits per heavy atom. The van der Waals surface area contributed by atoms with Gasteiger partial charge in [-0.3, -0.25) is 0 Å². The molecule has 1 atom stereocenters. The highest BCUT2D eigenvalue weighted by atomic mass is 16.5. The number of nitrogens with one attached hydrogen (secondary N) is 1. The summed E-state index contributed by atoms with van der Waals surface area (Å²) in [5, 5.41) is 3.37. The van der Waals surface area contributed by atoms with Crippen LogP contribution in [-0.4, -0.2) is 29.3 Å². The first kappa shape index (κ1) is 12.6. The Balaban J connectivity index is 2.11. The molecular weight excluding hydrogens is 214 g/mol. The van der Waals surface area contributed by atoms with Gasteiger partial charge in [0.25, 0.3) is 0 Å². The Morgan fingerprint density at radius 2 is 2.35 bits per heavy atom. The Kier molecular flexibility index (Phi) is 3.84. The molecule has 1 heterocycles. The minimum atomic E-state index is 0.0815. The van der Waals surface area contributed by atoms with Crippen LogP contribution in [0.2, 0.25) is 0 Å². The minimum absolute atomic E-state index is 0.0815. The van der Waals surface area contributed by atoms with Gasteiger partial charge in [0.2, 0.25) is 0 Å². The van der Waals surface area contributed by atoms with Crippen molar-refractivity contribution < 1.29 is 4.74 Å². The zero-order valence-corrected chi connectivity index (χ0v) is 11.1. The molecule has 0 radical (unpaired) electrons. The number of nitrogens with zero attached hydrogens (tertiary/aromatic N) is 2. The smallest absolute Gasteiger partial charge is 0.125 e. The highest BCUT2D eigenvalue weighted by molar-refractivity contribution is 5.04. The lowest BCUT2D eigenvalue weighted by Crippen LogP contribution is -2.42. The summed E-state index contributed by atoms with van der Waals surface area (Å²) in [6.07, 6.45) is 8.57. The van der Waals surface area contributed by atoms with E-state index in [1.165, 1.54) is 19.3 Å². The van der Waals surface area contributed by atoms with Crippen LogP contribution >= 0.6 is 0 Å². The highest BCUT2D eigenvalue weighted by Gasteiger charge is 2.39. The third-order valence-electron chi connectivity index (χ3n) is 4.02. The molecule has 2 rings (SSSR count). The molecule has 1 aromatic heterocycles. The van der Waals surface area contributed by atoms with Gasteiger partial charge in [0, 0.05) is 26.0 Å². The summed E-state index contributed by atoms with van der Waals surface area (Å²) in [4.78, 5) is 4.48. The van der Waals surface area contributed by atoms with Crippen molar-refractivity contribution in [3.63, 3.8) is 0 Å². The molecule has 1 saturated carbocycles. The molecular formula is C13H23N3O. The van der Waals surface area contributed by atoms with E-state index in [2.05, 4.69) is 21.8 Å². The molecule has 0 aromatic carbocycles. The fourth-order valence-electron chi connectivity index (χ4n) is 2.66. The van der Waals surface area contributed by atoms with Crippen LogP contribution in [0.3, 0.4) is 0 Å². The van der Waals surface area contributed by atoms with Gasteiger partial charge in [-0.25, -0.2) is 4.98 Å². The average molecular weight is 237 g/mol. The number of rotatable bonds is 6. The van der Waals surface area contributed by atoms with Crippen LogP contribution in [0.15, 0.2) is 12.4 Å². The summed E-state index contributed by atoms with van der Waals surface area (Å²) in [6, 6.07) is 0.283. The first-order chi connectivity index (χ1) is 8.24. The quantitative estimate of drug-likeness (QED) is 0.823. The fourth-order valence-corrected chi connectivity index (χ4v) is 2.66. The summed E-state index contributed by atoms with van der Waals surface area (Å²) in [6.45, 7) is 3.11. The number of aromatic nitrogens is 2. The SMILES string of the molecule is CCn1ccnc1C(CC1(OC)CCC1)NC. The average Bonchev–Trinajstić information content (AvgIpc) is 2.77. The molecule has 1 aliphatic rings. The van der Waals surface area contributed by atoms with Crippen LogP contribution in [-0.2, 0) is 11.3 Å². The van der Waals surface area contributed by atoms with Crippen molar-refractivity contribution in [1.82, 2.24) is 14.9 Å². The Bertz CT molecular complexity index is 352. The number of ether oxygens (including phenoxy) is 1. The van der Waals surface area contributed by atoms with E-state index < -0.39 is 0 Å². The molecule has 0 spiro atoms. The number of aryl methyl sites for hydroxylation is 1. The van der Waals surface area contributed by atoms with Gasteiger partial charge < -0.3 is 14.6 Å². The zero-order valence-electron chi connectivity index (χ0n) is 11.1. The molecule has 0 aliphatic heterocycles. The molecule has 1 aromatic rings. The molecule has 1 fully saturated rings. The van der Waals surface area contributed by atoms with Crippen molar-refractivity contribution >= 4 is 0 Å². The van der Waals surface area contributed by atoms with E-state index in [-0.39, 0.29) is 11.6 Å². The van der Waals surface area contributed by atoms with Gasteiger partial charge in [-0.15, -0.1) is 0 Å². The van der Waals surface area contributed by atoms with Crippen LogP contribution in [0, 0.1) is 0 Å². The van der Waals surface area contributed by atoms with Crippen molar-refractivity contribution in [2.45, 2.75) is 50.8 Å². The predicted octanol–water partition coefficient (Wildman–Crippen LogP) is 2.12. The minimum Gasteiger partial charge on any atom is -0.378 e. The van der Waals surface area contributed by atoms with Crippen LogP contribution in [0.4, 0.5) is 0 Å². The van der Waals surface area contributed by atoms with Crippen molar-refractivity contribution in [3.05, 3.63) is 18.2 Å². The number of methoxy groups -OCH3 is 1. The van der Waals surface area contributed by atoms with Crippen molar-refractivity contribution in [1.29, 1.82) is 0 Å². The van der Waals surface area contributed by atoms with E-state index >= 15 is 0 Å². The lowest BCUT2D eigenvalue weighted by atomic mass is 9.75. The molecule has 4 nitrogen and oxygen atoms in total. The summed E-state index contributed by atoms with van der Waals surface area (Å²) in [5.74, 6) is 1.12. The fraction of sp³-hybridized carbons (Fsp3) is 0.769. The molecule has 1 N–H and O–H groups in total. The first-order valence-corrected chi connectivity index (χ1v) is 6.48. The van der Waals surface area contributed by atoms with Gasteiger partial charge in [-0.1, -0.05) is 0 Å². The summed E-state index contributed by atoms with van der Waals surface area (Å²) in [7, 11) is 3.83. The van der Waals surface area contributed by atoms with E-state index in [1.807, 2.05) is 26.6 Å². The third-order valence-corrected chi connectivity index (χ3v) is 4.02. The molecule has 0 bridgehead atoms. The second-order valence-electron chi connectivity index (χ2n) is 4.86. The molecule has 17 heavy (non-hydrogen) atoms. The second kappa shape index (κ2) is 5.19. The molecule has 1 unspecified atom stereocenters. The Labute approximate surface area is 103 Å². The number of hydrogen-bond donors (Lipinski definition) is 1. The molecule has 4 heteroatoms. The van der Waals surface area contributed by atoms with E-state index in [0.717, 1.165) is 18.8 Å². The van der Waals surface area contributed by atoms with E-state index in [1.54, 1.807) is 0 Å². The van der Waals surface area contributed by atoms with Gasteiger partial charge in [-0.2, -0.15) is 0 Å². The summed E-state index contributed by atoms with van der Waals surface area (Å²) >= 11 is 0. The second-order valence-corrected chi connectivity index (χ2v) is 4.86. The standard InChI is InChI=1S/C13H23N3O/c1-4-16-9-8-15-12(16)11(14-2)10-13(17-3)6-5-7-13/h8-9,11,14H,4-7,10H2,1-3H3. The third kappa shape index (κ3) is 2.38. The van der Waals surface area contributed by atoms with Crippen LogP contribution in [0.1, 0.15) is 44.5 Å². The Hall–Kier alpha value is -0.870. The summed E-state index contributed by atoms with van der Waals surface area (Å²) < 4.78 is 7.90. The van der Waals surface area contributed by atoms with Crippen LogP contribution in [0.5, 0.6) is 0 Å². The van der Waals surface area contributed by atoms with E-state index in [4.69, 9.17) is 4.74 Å². The lowest BCUT2D eigenvalue weighted by molar-refractivity contribution is -0.0840. The monoisotopic (exact) mass is 237 g/mol. The first-order valence-electron chi connectivity index (χ1n) is 6.48. The van der Waals surface area contributed by atoms with Crippen molar-refractivity contribution in [2.24, 2.45) is 0 Å². The van der Waals surface area contributed by atoms with Crippen LogP contribution in [0.25, 0.3) is 0 Å².